The van der Waals surface area contributed by atoms with Crippen molar-refractivity contribution < 1.29 is 9.84 Å². The number of aromatic nitrogens is 1. The fourth-order valence-corrected chi connectivity index (χ4v) is 3.02. The molecule has 2 heterocycles. The van der Waals surface area contributed by atoms with Crippen LogP contribution < -0.4 is 0 Å². The first-order chi connectivity index (χ1) is 9.81. The van der Waals surface area contributed by atoms with Crippen molar-refractivity contribution in [2.75, 3.05) is 26.2 Å². The Morgan fingerprint density at radius 2 is 2.25 bits per heavy atom. The van der Waals surface area contributed by atoms with E-state index in [0.717, 1.165) is 43.9 Å². The molecule has 1 saturated heterocycles. The second-order valence-electron chi connectivity index (χ2n) is 5.37. The molecule has 1 aromatic carbocycles. The van der Waals surface area contributed by atoms with E-state index < -0.39 is 0 Å². The molecule has 3 rings (SSSR count). The molecule has 1 fully saturated rings. The highest BCUT2D eigenvalue weighted by atomic mass is 16.5. The highest BCUT2D eigenvalue weighted by Gasteiger charge is 2.20. The molecule has 4 heteroatoms. The van der Waals surface area contributed by atoms with E-state index >= 15 is 0 Å². The molecule has 0 bridgehead atoms. The van der Waals surface area contributed by atoms with Crippen LogP contribution in [0.25, 0.3) is 10.9 Å². The molecule has 1 N–H and O–H groups in total. The van der Waals surface area contributed by atoms with Crippen LogP contribution in [0.4, 0.5) is 0 Å². The third-order valence-electron chi connectivity index (χ3n) is 4.11. The smallest absolute Gasteiger partial charge is 0.0881 e. The largest absolute Gasteiger partial charge is 0.392 e. The van der Waals surface area contributed by atoms with Gasteiger partial charge >= 0.3 is 0 Å². The van der Waals surface area contributed by atoms with Crippen LogP contribution in [-0.2, 0) is 17.9 Å². The lowest BCUT2D eigenvalue weighted by atomic mass is 10.1. The number of fused-ring (bicyclic) bond motifs is 1. The molecule has 0 aliphatic carbocycles. The third-order valence-corrected chi connectivity index (χ3v) is 4.11. The summed E-state index contributed by atoms with van der Waals surface area (Å²) >= 11 is 0. The number of likely N-dealkylation sites (N-methyl/N-ethyl adjacent to an activating group) is 1. The number of aliphatic hydroxyl groups excluding tert-OH is 1. The Bertz CT molecular complexity index is 579. The number of rotatable bonds is 4. The Morgan fingerprint density at radius 3 is 3.05 bits per heavy atom. The molecular formula is C16H22N2O2. The van der Waals surface area contributed by atoms with Gasteiger partial charge in [-0.1, -0.05) is 25.1 Å². The maximum Gasteiger partial charge on any atom is 0.0881 e. The van der Waals surface area contributed by atoms with E-state index in [1.54, 1.807) is 0 Å². The number of morpholine rings is 1. The zero-order chi connectivity index (χ0) is 13.9. The van der Waals surface area contributed by atoms with Gasteiger partial charge in [-0.3, -0.25) is 4.90 Å². The molecule has 0 saturated carbocycles. The first-order valence-corrected chi connectivity index (χ1v) is 7.33. The average molecular weight is 274 g/mol. The Balaban J connectivity index is 1.84. The van der Waals surface area contributed by atoms with Crippen LogP contribution in [0.5, 0.6) is 0 Å². The average Bonchev–Trinajstić information content (AvgIpc) is 2.90. The molecule has 0 radical (unpaired) electrons. The minimum Gasteiger partial charge on any atom is -0.392 e. The first-order valence-electron chi connectivity index (χ1n) is 7.33. The summed E-state index contributed by atoms with van der Waals surface area (Å²) in [5, 5.41) is 10.7. The van der Waals surface area contributed by atoms with Gasteiger partial charge in [-0.15, -0.1) is 0 Å². The maximum atomic E-state index is 9.51. The number of para-hydroxylation sites is 1. The molecule has 1 aromatic heterocycles. The van der Waals surface area contributed by atoms with E-state index in [-0.39, 0.29) is 12.7 Å². The molecule has 1 unspecified atom stereocenters. The zero-order valence-electron chi connectivity index (χ0n) is 12.0. The highest BCUT2D eigenvalue weighted by molar-refractivity contribution is 5.83. The van der Waals surface area contributed by atoms with E-state index in [1.807, 2.05) is 12.1 Å². The van der Waals surface area contributed by atoms with Crippen molar-refractivity contribution in [3.8, 4) is 0 Å². The molecule has 2 aromatic rings. The Labute approximate surface area is 119 Å². The number of hydrogen-bond acceptors (Lipinski definition) is 3. The summed E-state index contributed by atoms with van der Waals surface area (Å²) in [6.07, 6.45) is 2.32. The van der Waals surface area contributed by atoms with Crippen LogP contribution in [0.1, 0.15) is 12.5 Å². The van der Waals surface area contributed by atoms with Gasteiger partial charge in [-0.05, 0) is 18.0 Å². The topological polar surface area (TPSA) is 37.6 Å². The molecule has 1 aliphatic heterocycles. The number of ether oxygens (including phenoxy) is 1. The number of aliphatic hydroxyl groups is 1. The molecule has 20 heavy (non-hydrogen) atoms. The van der Waals surface area contributed by atoms with E-state index in [9.17, 15) is 5.11 Å². The van der Waals surface area contributed by atoms with Gasteiger partial charge < -0.3 is 14.4 Å². The Kier molecular flexibility index (Phi) is 4.05. The van der Waals surface area contributed by atoms with Crippen molar-refractivity contribution in [3.63, 3.8) is 0 Å². The van der Waals surface area contributed by atoms with E-state index in [2.05, 4.69) is 34.7 Å². The van der Waals surface area contributed by atoms with E-state index in [4.69, 9.17) is 4.74 Å². The lowest BCUT2D eigenvalue weighted by Crippen LogP contribution is -2.43. The molecule has 4 nitrogen and oxygen atoms in total. The minimum atomic E-state index is 0.0773. The Hall–Kier alpha value is -1.36. The lowest BCUT2D eigenvalue weighted by molar-refractivity contribution is -0.0337. The predicted molar refractivity (Wildman–Crippen MR) is 79.7 cm³/mol. The summed E-state index contributed by atoms with van der Waals surface area (Å²) in [6.45, 7) is 7.01. The molecule has 0 spiro atoms. The van der Waals surface area contributed by atoms with Gasteiger partial charge in [-0.25, -0.2) is 0 Å². The van der Waals surface area contributed by atoms with Crippen molar-refractivity contribution in [2.45, 2.75) is 26.2 Å². The molecule has 108 valence electrons. The van der Waals surface area contributed by atoms with Crippen LogP contribution in [0, 0.1) is 0 Å². The maximum absolute atomic E-state index is 9.51. The van der Waals surface area contributed by atoms with Crippen molar-refractivity contribution >= 4 is 10.9 Å². The van der Waals surface area contributed by atoms with Crippen molar-refractivity contribution in [2.24, 2.45) is 0 Å². The molecular weight excluding hydrogens is 252 g/mol. The lowest BCUT2D eigenvalue weighted by Gasteiger charge is -2.32. The second-order valence-corrected chi connectivity index (χ2v) is 5.37. The summed E-state index contributed by atoms with van der Waals surface area (Å²) < 4.78 is 8.09. The van der Waals surface area contributed by atoms with Crippen LogP contribution in [0.2, 0.25) is 0 Å². The summed E-state index contributed by atoms with van der Waals surface area (Å²) in [7, 11) is 0. The summed E-state index contributed by atoms with van der Waals surface area (Å²) in [6, 6.07) is 8.17. The summed E-state index contributed by atoms with van der Waals surface area (Å²) in [4.78, 5) is 2.42. The third kappa shape index (κ3) is 2.59. The van der Waals surface area contributed by atoms with Crippen LogP contribution in [0.15, 0.2) is 30.5 Å². The number of nitrogens with zero attached hydrogens (tertiary/aromatic N) is 2. The van der Waals surface area contributed by atoms with E-state index in [1.165, 1.54) is 5.39 Å². The van der Waals surface area contributed by atoms with E-state index in [0.29, 0.717) is 0 Å². The van der Waals surface area contributed by atoms with Gasteiger partial charge in [0.2, 0.25) is 0 Å². The fraction of sp³-hybridized carbons (Fsp3) is 0.500. The monoisotopic (exact) mass is 274 g/mol. The quantitative estimate of drug-likeness (QED) is 0.924. The van der Waals surface area contributed by atoms with Crippen LogP contribution in [0.3, 0.4) is 0 Å². The van der Waals surface area contributed by atoms with Crippen LogP contribution >= 0.6 is 0 Å². The molecule has 1 aliphatic rings. The predicted octanol–water partition coefficient (Wildman–Crippen LogP) is 1.85. The van der Waals surface area contributed by atoms with Crippen molar-refractivity contribution in [1.29, 1.82) is 0 Å². The van der Waals surface area contributed by atoms with Gasteiger partial charge in [0.05, 0.1) is 31.4 Å². The number of hydrogen-bond donors (Lipinski definition) is 1. The van der Waals surface area contributed by atoms with Crippen molar-refractivity contribution in [3.05, 3.63) is 36.0 Å². The van der Waals surface area contributed by atoms with Gasteiger partial charge in [0.25, 0.3) is 0 Å². The normalized spacial score (nSPS) is 20.6. The molecule has 1 atom stereocenters. The Morgan fingerprint density at radius 1 is 1.35 bits per heavy atom. The summed E-state index contributed by atoms with van der Waals surface area (Å²) in [5.41, 5.74) is 2.11. The van der Waals surface area contributed by atoms with Crippen molar-refractivity contribution in [1.82, 2.24) is 9.47 Å². The fourth-order valence-electron chi connectivity index (χ4n) is 3.02. The van der Waals surface area contributed by atoms with Gasteiger partial charge in [-0.2, -0.15) is 0 Å². The van der Waals surface area contributed by atoms with Gasteiger partial charge in [0.15, 0.2) is 0 Å². The first kappa shape index (κ1) is 13.6. The van der Waals surface area contributed by atoms with Gasteiger partial charge in [0, 0.05) is 24.8 Å². The zero-order valence-corrected chi connectivity index (χ0v) is 12.0. The van der Waals surface area contributed by atoms with Crippen LogP contribution in [-0.4, -0.2) is 46.9 Å². The SMILES string of the molecule is CCN1CCOC(Cn2ccc3cccc(CO)c32)C1. The summed E-state index contributed by atoms with van der Waals surface area (Å²) in [5.74, 6) is 0. The minimum absolute atomic E-state index is 0.0773. The molecule has 0 amide bonds. The standard InChI is InChI=1S/C16H22N2O2/c1-2-17-8-9-20-15(10-17)11-18-7-6-13-4-3-5-14(12-19)16(13)18/h3-7,15,19H,2,8-12H2,1H3. The van der Waals surface area contributed by atoms with Gasteiger partial charge in [0.1, 0.15) is 0 Å². The second kappa shape index (κ2) is 5.95. The number of benzene rings is 1. The highest BCUT2D eigenvalue weighted by Crippen LogP contribution is 2.21.